The van der Waals surface area contributed by atoms with Gasteiger partial charge in [0.1, 0.15) is 24.3 Å². The number of aliphatic hydroxyl groups is 1. The smallest absolute Gasteiger partial charge is 0.409 e. The maximum Gasteiger partial charge on any atom is 0.409 e. The number of benzene rings is 2. The molecular weight excluding hydrogens is 401 g/mol. The molecule has 31 heavy (non-hydrogen) atoms. The highest BCUT2D eigenvalue weighted by Crippen LogP contribution is 2.26. The number of hydrogen-bond donors (Lipinski definition) is 1. The van der Waals surface area contributed by atoms with Gasteiger partial charge in [0.05, 0.1) is 18.2 Å². The van der Waals surface area contributed by atoms with E-state index in [-0.39, 0.29) is 12.7 Å². The topological polar surface area (TPSA) is 86.0 Å². The van der Waals surface area contributed by atoms with Gasteiger partial charge in [-0.3, -0.25) is 4.90 Å². The molecule has 1 unspecified atom stereocenters. The number of rotatable bonds is 7. The van der Waals surface area contributed by atoms with Gasteiger partial charge in [-0.1, -0.05) is 12.1 Å². The van der Waals surface area contributed by atoms with Crippen LogP contribution in [0.1, 0.15) is 12.5 Å². The number of ether oxygens (including phenoxy) is 2. The molecule has 0 aromatic heterocycles. The summed E-state index contributed by atoms with van der Waals surface area (Å²) in [5, 5.41) is 19.4. The van der Waals surface area contributed by atoms with Crippen LogP contribution in [0.4, 0.5) is 9.18 Å². The predicted molar refractivity (Wildman–Crippen MR) is 113 cm³/mol. The highest BCUT2D eigenvalue weighted by molar-refractivity contribution is 5.68. The summed E-state index contributed by atoms with van der Waals surface area (Å²) in [6.07, 6.45) is -1.07. The molecule has 1 saturated heterocycles. The van der Waals surface area contributed by atoms with Gasteiger partial charge in [-0.15, -0.1) is 0 Å². The summed E-state index contributed by atoms with van der Waals surface area (Å²) in [6.45, 7) is 4.88. The maximum absolute atomic E-state index is 14.1. The summed E-state index contributed by atoms with van der Waals surface area (Å²) >= 11 is 0. The van der Waals surface area contributed by atoms with Crippen LogP contribution in [0.5, 0.6) is 5.75 Å². The van der Waals surface area contributed by atoms with Crippen molar-refractivity contribution >= 4 is 6.09 Å². The number of amides is 1. The quantitative estimate of drug-likeness (QED) is 0.731. The number of piperazine rings is 1. The number of hydrogen-bond acceptors (Lipinski definition) is 6. The second-order valence-electron chi connectivity index (χ2n) is 7.32. The van der Waals surface area contributed by atoms with Gasteiger partial charge < -0.3 is 19.5 Å². The number of aliphatic hydroxyl groups excluding tert-OH is 1. The molecule has 0 saturated carbocycles. The molecule has 2 aromatic rings. The van der Waals surface area contributed by atoms with Gasteiger partial charge in [0, 0.05) is 38.8 Å². The molecule has 0 spiro atoms. The van der Waals surface area contributed by atoms with Crippen molar-refractivity contribution in [1.82, 2.24) is 9.80 Å². The molecule has 7 nitrogen and oxygen atoms in total. The van der Waals surface area contributed by atoms with Crippen molar-refractivity contribution in [3.05, 3.63) is 53.8 Å². The summed E-state index contributed by atoms with van der Waals surface area (Å²) in [4.78, 5) is 15.4. The molecule has 1 amide bonds. The molecule has 1 heterocycles. The number of nitrogens with zero attached hydrogens (tertiary/aromatic N) is 3. The first kappa shape index (κ1) is 22.5. The van der Waals surface area contributed by atoms with E-state index in [1.807, 2.05) is 4.90 Å². The molecule has 1 atom stereocenters. The molecule has 3 rings (SSSR count). The molecule has 1 aliphatic rings. The van der Waals surface area contributed by atoms with Crippen LogP contribution in [-0.4, -0.2) is 73.0 Å². The Morgan fingerprint density at radius 3 is 2.68 bits per heavy atom. The Morgan fingerprint density at radius 1 is 1.19 bits per heavy atom. The first-order chi connectivity index (χ1) is 15.0. The minimum Gasteiger partial charge on any atom is -0.491 e. The van der Waals surface area contributed by atoms with Crippen molar-refractivity contribution in [2.24, 2.45) is 0 Å². The van der Waals surface area contributed by atoms with Crippen LogP contribution in [0.2, 0.25) is 0 Å². The monoisotopic (exact) mass is 427 g/mol. The van der Waals surface area contributed by atoms with Gasteiger partial charge in [0.2, 0.25) is 0 Å². The number of carbonyl (C=O) groups excluding carboxylic acids is 1. The Labute approximate surface area is 181 Å². The fourth-order valence-electron chi connectivity index (χ4n) is 3.45. The van der Waals surface area contributed by atoms with E-state index >= 15 is 0 Å². The van der Waals surface area contributed by atoms with Crippen LogP contribution in [-0.2, 0) is 4.74 Å². The van der Waals surface area contributed by atoms with E-state index in [1.165, 1.54) is 12.1 Å². The lowest BCUT2D eigenvalue weighted by Crippen LogP contribution is -2.51. The number of β-amino-alcohol motifs (C(OH)–C–C–N with tert-alkyl or cyclic N) is 1. The van der Waals surface area contributed by atoms with Gasteiger partial charge in [-0.25, -0.2) is 9.18 Å². The summed E-state index contributed by atoms with van der Waals surface area (Å²) in [7, 11) is 0. The zero-order chi connectivity index (χ0) is 22.2. The third-order valence-electron chi connectivity index (χ3n) is 5.01. The second kappa shape index (κ2) is 10.8. The number of carbonyl (C=O) groups is 1. The largest absolute Gasteiger partial charge is 0.491 e. The van der Waals surface area contributed by atoms with E-state index in [4.69, 9.17) is 14.7 Å². The molecule has 1 fully saturated rings. The molecular formula is C23H26FN3O4. The normalized spacial score (nSPS) is 15.2. The fourth-order valence-corrected chi connectivity index (χ4v) is 3.45. The van der Waals surface area contributed by atoms with Gasteiger partial charge in [-0.05, 0) is 42.3 Å². The Balaban J connectivity index is 1.52. The Hall–Kier alpha value is -3.15. The highest BCUT2D eigenvalue weighted by Gasteiger charge is 2.23. The average molecular weight is 427 g/mol. The van der Waals surface area contributed by atoms with Crippen LogP contribution >= 0.6 is 0 Å². The van der Waals surface area contributed by atoms with Crippen molar-refractivity contribution in [2.75, 3.05) is 45.9 Å². The molecule has 8 heteroatoms. The Morgan fingerprint density at radius 2 is 1.97 bits per heavy atom. The van der Waals surface area contributed by atoms with Gasteiger partial charge in [-0.2, -0.15) is 5.26 Å². The molecule has 1 aliphatic heterocycles. The standard InChI is InChI=1S/C23H26FN3O4/c1-2-30-23(29)27-8-6-26(7-9-27)15-21(28)16-31-22-12-19(11-20(24)13-22)18-5-3-4-17(10-18)14-25/h3-5,10-13,21,28H,2,6-9,15-16H2,1H3. The summed E-state index contributed by atoms with van der Waals surface area (Å²) in [6, 6.07) is 13.3. The van der Waals surface area contributed by atoms with E-state index < -0.39 is 11.9 Å². The predicted octanol–water partition coefficient (Wildman–Crippen LogP) is 2.88. The summed E-state index contributed by atoms with van der Waals surface area (Å²) in [5.74, 6) is -0.150. The van der Waals surface area contributed by atoms with Gasteiger partial charge in [0.25, 0.3) is 0 Å². The van der Waals surface area contributed by atoms with Crippen LogP contribution in [0.3, 0.4) is 0 Å². The SMILES string of the molecule is CCOC(=O)N1CCN(CC(O)COc2cc(F)cc(-c3cccc(C#N)c3)c2)CC1. The molecule has 1 N–H and O–H groups in total. The van der Waals surface area contributed by atoms with Crippen LogP contribution in [0.15, 0.2) is 42.5 Å². The first-order valence-corrected chi connectivity index (χ1v) is 10.2. The molecule has 2 aromatic carbocycles. The lowest BCUT2D eigenvalue weighted by molar-refractivity contribution is 0.0407. The van der Waals surface area contributed by atoms with Crippen molar-refractivity contribution in [2.45, 2.75) is 13.0 Å². The molecule has 0 bridgehead atoms. The van der Waals surface area contributed by atoms with Crippen molar-refractivity contribution in [3.63, 3.8) is 0 Å². The number of nitriles is 1. The van der Waals surface area contributed by atoms with Gasteiger partial charge in [0.15, 0.2) is 0 Å². The minimum absolute atomic E-state index is 0.0131. The lowest BCUT2D eigenvalue weighted by Gasteiger charge is -2.34. The molecule has 0 aliphatic carbocycles. The highest BCUT2D eigenvalue weighted by atomic mass is 19.1. The van der Waals surface area contributed by atoms with E-state index in [1.54, 1.807) is 42.2 Å². The number of halogens is 1. The van der Waals surface area contributed by atoms with Crippen molar-refractivity contribution in [1.29, 1.82) is 5.26 Å². The van der Waals surface area contributed by atoms with Crippen molar-refractivity contribution in [3.8, 4) is 22.9 Å². The van der Waals surface area contributed by atoms with Crippen molar-refractivity contribution < 1.29 is 23.8 Å². The summed E-state index contributed by atoms with van der Waals surface area (Å²) in [5.41, 5.74) is 1.79. The molecule has 164 valence electrons. The van der Waals surface area contributed by atoms with Crippen LogP contribution in [0.25, 0.3) is 11.1 Å². The Kier molecular flexibility index (Phi) is 7.82. The molecule has 0 radical (unpaired) electrons. The zero-order valence-electron chi connectivity index (χ0n) is 17.5. The third-order valence-corrected chi connectivity index (χ3v) is 5.01. The second-order valence-corrected chi connectivity index (χ2v) is 7.32. The zero-order valence-corrected chi connectivity index (χ0v) is 17.5. The minimum atomic E-state index is -0.761. The van der Waals surface area contributed by atoms with E-state index in [9.17, 15) is 14.3 Å². The third kappa shape index (κ3) is 6.41. The van der Waals surface area contributed by atoms with Gasteiger partial charge >= 0.3 is 6.09 Å². The first-order valence-electron chi connectivity index (χ1n) is 10.2. The summed E-state index contributed by atoms with van der Waals surface area (Å²) < 4.78 is 24.7. The lowest BCUT2D eigenvalue weighted by atomic mass is 10.0. The van der Waals surface area contributed by atoms with Crippen LogP contribution < -0.4 is 4.74 Å². The average Bonchev–Trinajstić information content (AvgIpc) is 2.78. The van der Waals surface area contributed by atoms with E-state index in [0.29, 0.717) is 61.8 Å². The van der Waals surface area contributed by atoms with E-state index in [2.05, 4.69) is 6.07 Å². The van der Waals surface area contributed by atoms with Crippen LogP contribution in [0, 0.1) is 17.1 Å². The van der Waals surface area contributed by atoms with E-state index in [0.717, 1.165) is 0 Å². The maximum atomic E-state index is 14.1. The fraction of sp³-hybridized carbons (Fsp3) is 0.391. The Bertz CT molecular complexity index is 939.